The summed E-state index contributed by atoms with van der Waals surface area (Å²) in [6.07, 6.45) is 2.30. The summed E-state index contributed by atoms with van der Waals surface area (Å²) >= 11 is 23.5. The molecule has 0 aliphatic carbocycles. The first-order valence-corrected chi connectivity index (χ1v) is 9.64. The van der Waals surface area contributed by atoms with Gasteiger partial charge in [0.05, 0.1) is 22.5 Å². The minimum Gasteiger partial charge on any atom is -0.482 e. The van der Waals surface area contributed by atoms with Crippen LogP contribution < -0.4 is 20.3 Å². The summed E-state index contributed by atoms with van der Waals surface area (Å²) in [5, 5.41) is 8.70. The van der Waals surface area contributed by atoms with E-state index in [9.17, 15) is 9.59 Å². The normalized spacial score (nSPS) is 10.9. The molecule has 0 aliphatic heterocycles. The van der Waals surface area contributed by atoms with Crippen LogP contribution >= 0.6 is 46.4 Å². The average molecular weight is 492 g/mol. The second-order valence-electron chi connectivity index (χ2n) is 5.35. The summed E-state index contributed by atoms with van der Waals surface area (Å²) < 4.78 is 10.5. The predicted octanol–water partition coefficient (Wildman–Crippen LogP) is 3.96. The third-order valence-corrected chi connectivity index (χ3v) is 4.19. The van der Waals surface area contributed by atoms with Crippen LogP contribution in [-0.4, -0.2) is 37.5 Å². The van der Waals surface area contributed by atoms with Crippen LogP contribution in [-0.2, 0) is 9.59 Å². The van der Waals surface area contributed by atoms with Gasteiger partial charge in [0, 0.05) is 22.2 Å². The first-order chi connectivity index (χ1) is 14.3. The Morgan fingerprint density at radius 3 is 1.57 bits per heavy atom. The molecule has 0 unspecified atom stereocenters. The lowest BCUT2D eigenvalue weighted by Crippen LogP contribution is -2.25. The molecule has 30 heavy (non-hydrogen) atoms. The Hall–Kier alpha value is -2.52. The molecule has 0 atom stereocenters. The molecule has 0 radical (unpaired) electrons. The van der Waals surface area contributed by atoms with Gasteiger partial charge in [0.2, 0.25) is 0 Å². The Morgan fingerprint density at radius 1 is 0.767 bits per heavy atom. The Bertz CT molecular complexity index is 892. The minimum absolute atomic E-state index is 0.272. The van der Waals surface area contributed by atoms with Crippen LogP contribution in [0.25, 0.3) is 0 Å². The number of benzene rings is 2. The Morgan fingerprint density at radius 2 is 1.17 bits per heavy atom. The van der Waals surface area contributed by atoms with E-state index in [0.717, 1.165) is 12.4 Å². The number of rotatable bonds is 9. The van der Waals surface area contributed by atoms with Gasteiger partial charge >= 0.3 is 0 Å². The molecule has 0 aliphatic rings. The summed E-state index contributed by atoms with van der Waals surface area (Å²) in [4.78, 5) is 23.3. The van der Waals surface area contributed by atoms with Gasteiger partial charge in [-0.05, 0) is 24.3 Å². The molecule has 2 rings (SSSR count). The van der Waals surface area contributed by atoms with Crippen molar-refractivity contribution in [3.05, 3.63) is 56.5 Å². The van der Waals surface area contributed by atoms with E-state index >= 15 is 0 Å². The van der Waals surface area contributed by atoms with Gasteiger partial charge in [0.1, 0.15) is 11.5 Å². The highest BCUT2D eigenvalue weighted by atomic mass is 35.5. The SMILES string of the molecule is O=C(COc1cc(Cl)ccc1Cl)NN=CC=NNC(=O)COc1cc(Cl)ccc1Cl. The van der Waals surface area contributed by atoms with E-state index in [2.05, 4.69) is 21.1 Å². The van der Waals surface area contributed by atoms with E-state index in [1.807, 2.05) is 0 Å². The molecule has 2 amide bonds. The van der Waals surface area contributed by atoms with Crippen molar-refractivity contribution in [3.8, 4) is 11.5 Å². The van der Waals surface area contributed by atoms with Crippen molar-refractivity contribution in [2.45, 2.75) is 0 Å². The van der Waals surface area contributed by atoms with Gasteiger partial charge < -0.3 is 9.47 Å². The highest BCUT2D eigenvalue weighted by Gasteiger charge is 2.07. The van der Waals surface area contributed by atoms with Crippen molar-refractivity contribution in [2.75, 3.05) is 13.2 Å². The van der Waals surface area contributed by atoms with Crippen molar-refractivity contribution in [2.24, 2.45) is 10.2 Å². The van der Waals surface area contributed by atoms with E-state index in [-0.39, 0.29) is 24.7 Å². The summed E-state index contributed by atoms with van der Waals surface area (Å²) in [6, 6.07) is 9.26. The van der Waals surface area contributed by atoms with Crippen molar-refractivity contribution in [3.63, 3.8) is 0 Å². The van der Waals surface area contributed by atoms with Crippen LogP contribution in [0.1, 0.15) is 0 Å². The predicted molar refractivity (Wildman–Crippen MR) is 117 cm³/mol. The summed E-state index contributed by atoms with van der Waals surface area (Å²) in [5.41, 5.74) is 4.41. The van der Waals surface area contributed by atoms with Crippen LogP contribution in [0.5, 0.6) is 11.5 Å². The van der Waals surface area contributed by atoms with E-state index in [4.69, 9.17) is 55.9 Å². The zero-order valence-electron chi connectivity index (χ0n) is 15.1. The molecule has 8 nitrogen and oxygen atoms in total. The summed E-state index contributed by atoms with van der Waals surface area (Å²) in [7, 11) is 0. The zero-order valence-corrected chi connectivity index (χ0v) is 18.1. The van der Waals surface area contributed by atoms with Gasteiger partial charge in [-0.25, -0.2) is 10.9 Å². The number of hydrazone groups is 2. The largest absolute Gasteiger partial charge is 0.482 e. The van der Waals surface area contributed by atoms with Crippen LogP contribution in [0.2, 0.25) is 20.1 Å². The summed E-state index contributed by atoms with van der Waals surface area (Å²) in [6.45, 7) is -0.649. The number of hydrogen-bond acceptors (Lipinski definition) is 6. The van der Waals surface area contributed by atoms with Gasteiger partial charge in [-0.2, -0.15) is 10.2 Å². The van der Waals surface area contributed by atoms with E-state index in [1.54, 1.807) is 24.3 Å². The number of carbonyl (C=O) groups is 2. The first-order valence-electron chi connectivity index (χ1n) is 8.13. The lowest BCUT2D eigenvalue weighted by molar-refractivity contribution is -0.123. The summed E-state index contributed by atoms with van der Waals surface area (Å²) in [5.74, 6) is -0.527. The number of ether oxygens (including phenoxy) is 2. The number of carbonyl (C=O) groups excluding carboxylic acids is 2. The van der Waals surface area contributed by atoms with Crippen LogP contribution in [0.4, 0.5) is 0 Å². The van der Waals surface area contributed by atoms with E-state index in [1.165, 1.54) is 12.1 Å². The molecule has 0 saturated heterocycles. The smallest absolute Gasteiger partial charge is 0.277 e. The van der Waals surface area contributed by atoms with Crippen LogP contribution in [0.15, 0.2) is 46.6 Å². The second-order valence-corrected chi connectivity index (χ2v) is 7.04. The van der Waals surface area contributed by atoms with Crippen LogP contribution in [0, 0.1) is 0 Å². The molecular formula is C18H14Cl4N4O4. The van der Waals surface area contributed by atoms with Crippen molar-refractivity contribution in [1.29, 1.82) is 0 Å². The van der Waals surface area contributed by atoms with Crippen molar-refractivity contribution in [1.82, 2.24) is 10.9 Å². The van der Waals surface area contributed by atoms with E-state index in [0.29, 0.717) is 20.1 Å². The molecule has 158 valence electrons. The molecule has 2 aromatic rings. The monoisotopic (exact) mass is 490 g/mol. The van der Waals surface area contributed by atoms with E-state index < -0.39 is 11.8 Å². The standard InChI is InChI=1S/C18H14Cl4N4O4/c19-11-1-3-13(21)15(7-11)29-9-17(27)25-23-5-6-24-26-18(28)10-30-16-8-12(20)2-4-14(16)22/h1-8H,9-10H2,(H,25,27)(H,26,28). The fourth-order valence-electron chi connectivity index (χ4n) is 1.81. The fourth-order valence-corrected chi connectivity index (χ4v) is 2.48. The molecular weight excluding hydrogens is 478 g/mol. The number of amides is 2. The van der Waals surface area contributed by atoms with Crippen LogP contribution in [0.3, 0.4) is 0 Å². The number of hydrogen-bond donors (Lipinski definition) is 2. The lowest BCUT2D eigenvalue weighted by atomic mass is 10.3. The van der Waals surface area contributed by atoms with Crippen molar-refractivity contribution < 1.29 is 19.1 Å². The quantitative estimate of drug-likeness (QED) is 0.409. The maximum atomic E-state index is 11.6. The average Bonchev–Trinajstić information content (AvgIpc) is 2.71. The Kier molecular flexibility index (Phi) is 9.69. The lowest BCUT2D eigenvalue weighted by Gasteiger charge is -2.07. The van der Waals surface area contributed by atoms with Gasteiger partial charge in [0.25, 0.3) is 11.8 Å². The first kappa shape index (κ1) is 23.8. The van der Waals surface area contributed by atoms with Gasteiger partial charge in [-0.3, -0.25) is 9.59 Å². The Balaban J connectivity index is 1.66. The number of halogens is 4. The topological polar surface area (TPSA) is 101 Å². The number of nitrogens with zero attached hydrogens (tertiary/aromatic N) is 2. The second kappa shape index (κ2) is 12.2. The van der Waals surface area contributed by atoms with Gasteiger partial charge in [-0.15, -0.1) is 0 Å². The molecule has 0 aromatic heterocycles. The van der Waals surface area contributed by atoms with Crippen molar-refractivity contribution >= 4 is 70.6 Å². The Labute approximate surface area is 191 Å². The minimum atomic E-state index is -0.536. The maximum Gasteiger partial charge on any atom is 0.277 e. The molecule has 0 fully saturated rings. The third kappa shape index (κ3) is 8.46. The highest BCUT2D eigenvalue weighted by Crippen LogP contribution is 2.28. The molecule has 0 saturated carbocycles. The number of nitrogens with one attached hydrogen (secondary N) is 2. The maximum absolute atomic E-state index is 11.6. The fraction of sp³-hybridized carbons (Fsp3) is 0.111. The van der Waals surface area contributed by atoms with Gasteiger partial charge in [-0.1, -0.05) is 46.4 Å². The molecule has 2 N–H and O–H groups in total. The highest BCUT2D eigenvalue weighted by molar-refractivity contribution is 6.34. The molecule has 2 aromatic carbocycles. The molecule has 12 heteroatoms. The third-order valence-electron chi connectivity index (χ3n) is 3.10. The zero-order chi connectivity index (χ0) is 21.9. The molecule has 0 spiro atoms. The molecule has 0 bridgehead atoms. The molecule has 0 heterocycles. The van der Waals surface area contributed by atoms with Gasteiger partial charge in [0.15, 0.2) is 13.2 Å².